The first kappa shape index (κ1) is 19.1. The van der Waals surface area contributed by atoms with Gasteiger partial charge in [0.2, 0.25) is 0 Å². The van der Waals surface area contributed by atoms with Crippen molar-refractivity contribution in [3.8, 4) is 11.5 Å². The van der Waals surface area contributed by atoms with Crippen LogP contribution in [-0.2, 0) is 9.53 Å². The Hall–Kier alpha value is -2.28. The lowest BCUT2D eigenvalue weighted by Gasteiger charge is -2.34. The van der Waals surface area contributed by atoms with E-state index < -0.39 is 12.0 Å². The maximum Gasteiger partial charge on any atom is 0.317 e. The molecule has 0 aromatic heterocycles. The molecule has 2 rings (SSSR count). The minimum atomic E-state index is -0.603. The van der Waals surface area contributed by atoms with E-state index in [4.69, 9.17) is 26.4 Å². The molecular formula is C18H24N2O4S. The molecule has 1 aromatic rings. The zero-order chi connectivity index (χ0) is 18.4. The largest absolute Gasteiger partial charge is 0.490 e. The van der Waals surface area contributed by atoms with E-state index in [1.165, 1.54) is 7.11 Å². The molecule has 1 heterocycles. The summed E-state index contributed by atoms with van der Waals surface area (Å²) in [5.74, 6) is 0.321. The van der Waals surface area contributed by atoms with E-state index in [0.29, 0.717) is 35.5 Å². The number of methoxy groups -OCH3 is 1. The summed E-state index contributed by atoms with van der Waals surface area (Å²) in [6.45, 7) is 8.98. The predicted octanol–water partition coefficient (Wildman–Crippen LogP) is 2.70. The number of ether oxygens (including phenoxy) is 3. The average Bonchev–Trinajstić information content (AvgIpc) is 2.59. The number of thiocarbonyl (C=S) groups is 1. The molecule has 0 saturated carbocycles. The summed E-state index contributed by atoms with van der Waals surface area (Å²) in [6.07, 6.45) is 0.904. The second-order valence-corrected chi connectivity index (χ2v) is 6.00. The lowest BCUT2D eigenvalue weighted by molar-refractivity contribution is -0.145. The van der Waals surface area contributed by atoms with Gasteiger partial charge in [0.1, 0.15) is 5.92 Å². The molecule has 1 fully saturated rings. The highest BCUT2D eigenvalue weighted by atomic mass is 32.1. The van der Waals surface area contributed by atoms with Gasteiger partial charge in [-0.1, -0.05) is 19.6 Å². The van der Waals surface area contributed by atoms with Crippen LogP contribution in [0.2, 0.25) is 0 Å². The van der Waals surface area contributed by atoms with Crippen LogP contribution >= 0.6 is 12.2 Å². The Bertz CT molecular complexity index is 662. The molecule has 0 amide bonds. The molecule has 25 heavy (non-hydrogen) atoms. The Kier molecular flexibility index (Phi) is 6.64. The Balaban J connectivity index is 2.38. The molecule has 0 aliphatic carbocycles. The monoisotopic (exact) mass is 364 g/mol. The van der Waals surface area contributed by atoms with Crippen LogP contribution in [0.25, 0.3) is 0 Å². The topological polar surface area (TPSA) is 68.8 Å². The maximum absolute atomic E-state index is 12.2. The van der Waals surface area contributed by atoms with Crippen LogP contribution in [0.1, 0.15) is 31.9 Å². The van der Waals surface area contributed by atoms with Crippen molar-refractivity contribution in [2.45, 2.75) is 26.3 Å². The molecular weight excluding hydrogens is 340 g/mol. The third-order valence-corrected chi connectivity index (χ3v) is 4.03. The smallest absolute Gasteiger partial charge is 0.317 e. The molecule has 0 unspecified atom stereocenters. The number of carbonyl (C=O) groups excluding carboxylic acids is 1. The molecule has 0 bridgehead atoms. The highest BCUT2D eigenvalue weighted by Crippen LogP contribution is 2.36. The van der Waals surface area contributed by atoms with Crippen molar-refractivity contribution in [2.75, 3.05) is 20.3 Å². The minimum absolute atomic E-state index is 0.387. The van der Waals surface area contributed by atoms with Gasteiger partial charge in [0.15, 0.2) is 16.6 Å². The Morgan fingerprint density at radius 3 is 2.68 bits per heavy atom. The zero-order valence-electron chi connectivity index (χ0n) is 14.8. The van der Waals surface area contributed by atoms with Crippen molar-refractivity contribution in [3.05, 3.63) is 36.0 Å². The summed E-state index contributed by atoms with van der Waals surface area (Å²) in [4.78, 5) is 12.2. The second kappa shape index (κ2) is 8.71. The maximum atomic E-state index is 12.2. The molecule has 0 radical (unpaired) electrons. The van der Waals surface area contributed by atoms with Gasteiger partial charge < -0.3 is 24.8 Å². The van der Waals surface area contributed by atoms with E-state index in [2.05, 4.69) is 17.2 Å². The highest BCUT2D eigenvalue weighted by molar-refractivity contribution is 7.80. The number of nitrogens with one attached hydrogen (secondary N) is 2. The molecule has 1 aromatic carbocycles. The van der Waals surface area contributed by atoms with Gasteiger partial charge >= 0.3 is 5.97 Å². The van der Waals surface area contributed by atoms with Crippen molar-refractivity contribution in [1.82, 2.24) is 10.6 Å². The summed E-state index contributed by atoms with van der Waals surface area (Å²) in [5, 5.41) is 6.43. The first-order valence-electron chi connectivity index (χ1n) is 8.25. The normalized spacial score (nSPS) is 19.6. The van der Waals surface area contributed by atoms with Gasteiger partial charge in [-0.15, -0.1) is 0 Å². The average molecular weight is 364 g/mol. The van der Waals surface area contributed by atoms with E-state index in [-0.39, 0.29) is 5.97 Å². The highest BCUT2D eigenvalue weighted by Gasteiger charge is 2.37. The van der Waals surface area contributed by atoms with Crippen LogP contribution in [0.4, 0.5) is 0 Å². The second-order valence-electron chi connectivity index (χ2n) is 5.59. The van der Waals surface area contributed by atoms with Gasteiger partial charge in [-0.2, -0.15) is 0 Å². The molecule has 1 aliphatic rings. The molecule has 136 valence electrons. The van der Waals surface area contributed by atoms with Crippen LogP contribution in [0.15, 0.2) is 30.5 Å². The van der Waals surface area contributed by atoms with Gasteiger partial charge in [0.25, 0.3) is 0 Å². The van der Waals surface area contributed by atoms with Gasteiger partial charge in [-0.25, -0.2) is 0 Å². The van der Waals surface area contributed by atoms with Crippen molar-refractivity contribution in [1.29, 1.82) is 0 Å². The van der Waals surface area contributed by atoms with E-state index in [1.54, 1.807) is 0 Å². The SMILES string of the molecule is C=C1NC(=S)N[C@@H](c2ccc(OCCC)c(OCC)c2)[C@@H]1C(=O)OC. The first-order valence-corrected chi connectivity index (χ1v) is 8.66. The Morgan fingerprint density at radius 2 is 2.04 bits per heavy atom. The molecule has 0 spiro atoms. The number of hydrogen-bond donors (Lipinski definition) is 2. The number of hydrogen-bond acceptors (Lipinski definition) is 5. The molecule has 1 saturated heterocycles. The third kappa shape index (κ3) is 4.42. The fraction of sp³-hybridized carbons (Fsp3) is 0.444. The minimum Gasteiger partial charge on any atom is -0.490 e. The third-order valence-electron chi connectivity index (χ3n) is 3.81. The zero-order valence-corrected chi connectivity index (χ0v) is 15.6. The van der Waals surface area contributed by atoms with E-state index in [0.717, 1.165) is 12.0 Å². The number of esters is 1. The van der Waals surface area contributed by atoms with E-state index in [9.17, 15) is 4.79 Å². The van der Waals surface area contributed by atoms with Gasteiger partial charge in [0, 0.05) is 5.70 Å². The number of carbonyl (C=O) groups is 1. The van der Waals surface area contributed by atoms with Crippen LogP contribution in [0, 0.1) is 5.92 Å². The van der Waals surface area contributed by atoms with Gasteiger partial charge in [-0.05, 0) is 43.3 Å². The van der Waals surface area contributed by atoms with E-state index in [1.807, 2.05) is 32.0 Å². The van der Waals surface area contributed by atoms with Crippen molar-refractivity contribution in [3.63, 3.8) is 0 Å². The Labute approximate surface area is 153 Å². The molecule has 7 heteroatoms. The molecule has 1 aliphatic heterocycles. The number of rotatable bonds is 7. The summed E-state index contributed by atoms with van der Waals surface area (Å²) in [7, 11) is 1.35. The van der Waals surface area contributed by atoms with Crippen LogP contribution in [0.3, 0.4) is 0 Å². The van der Waals surface area contributed by atoms with Crippen LogP contribution in [0.5, 0.6) is 11.5 Å². The number of benzene rings is 1. The first-order chi connectivity index (χ1) is 12.0. The van der Waals surface area contributed by atoms with Crippen molar-refractivity contribution < 1.29 is 19.0 Å². The molecule has 2 N–H and O–H groups in total. The lowest BCUT2D eigenvalue weighted by atomic mass is 9.89. The summed E-state index contributed by atoms with van der Waals surface area (Å²) in [6, 6.07) is 5.21. The summed E-state index contributed by atoms with van der Waals surface area (Å²) in [5.41, 5.74) is 1.34. The van der Waals surface area contributed by atoms with E-state index >= 15 is 0 Å². The van der Waals surface area contributed by atoms with Crippen molar-refractivity contribution in [2.24, 2.45) is 5.92 Å². The van der Waals surface area contributed by atoms with Crippen LogP contribution in [-0.4, -0.2) is 31.4 Å². The Morgan fingerprint density at radius 1 is 1.28 bits per heavy atom. The summed E-state index contributed by atoms with van der Waals surface area (Å²) >= 11 is 5.21. The fourth-order valence-corrected chi connectivity index (χ4v) is 2.94. The van der Waals surface area contributed by atoms with Gasteiger partial charge in [-0.3, -0.25) is 4.79 Å². The summed E-state index contributed by atoms with van der Waals surface area (Å²) < 4.78 is 16.4. The fourth-order valence-electron chi connectivity index (χ4n) is 2.68. The van der Waals surface area contributed by atoms with Crippen LogP contribution < -0.4 is 20.1 Å². The standard InChI is InChI=1S/C18H24N2O4S/c1-5-9-24-13-8-7-12(10-14(13)23-6-2)16-15(17(21)22-4)11(3)19-18(25)20-16/h7-8,10,15-16H,3,5-6,9H2,1-2,4H3,(H2,19,20,25)/t15-,16+/m1/s1. The molecule has 2 atom stereocenters. The lowest BCUT2D eigenvalue weighted by Crippen LogP contribution is -2.50. The van der Waals surface area contributed by atoms with Crippen molar-refractivity contribution >= 4 is 23.3 Å². The van der Waals surface area contributed by atoms with Gasteiger partial charge in [0.05, 0.1) is 26.4 Å². The predicted molar refractivity (Wildman–Crippen MR) is 99.7 cm³/mol. The molecule has 6 nitrogen and oxygen atoms in total. The quantitative estimate of drug-likeness (QED) is 0.569.